The van der Waals surface area contributed by atoms with Gasteiger partial charge in [0.15, 0.2) is 0 Å². The van der Waals surface area contributed by atoms with Crippen molar-refractivity contribution in [3.05, 3.63) is 22.4 Å². The van der Waals surface area contributed by atoms with Crippen molar-refractivity contribution in [1.82, 2.24) is 5.32 Å². The zero-order valence-corrected chi connectivity index (χ0v) is 11.1. The van der Waals surface area contributed by atoms with Crippen LogP contribution in [0.15, 0.2) is 17.5 Å². The van der Waals surface area contributed by atoms with Crippen LogP contribution < -0.4 is 5.32 Å². The highest BCUT2D eigenvalue weighted by Gasteiger charge is 2.24. The highest BCUT2D eigenvalue weighted by Crippen LogP contribution is 2.29. The van der Waals surface area contributed by atoms with Gasteiger partial charge in [-0.05, 0) is 17.5 Å². The van der Waals surface area contributed by atoms with E-state index in [0.717, 1.165) is 9.40 Å². The summed E-state index contributed by atoms with van der Waals surface area (Å²) >= 11 is 2.72. The molecule has 0 aromatic carbocycles. The molecule has 0 saturated heterocycles. The Balaban J connectivity index is 2.12. The number of carbonyl (C=O) groups excluding carboxylic acids is 1. The molecule has 1 atom stereocenters. The first kappa shape index (κ1) is 13.5. The Kier molecular flexibility index (Phi) is 3.82. The van der Waals surface area contributed by atoms with Crippen LogP contribution in [0.3, 0.4) is 0 Å². The lowest BCUT2D eigenvalue weighted by Crippen LogP contribution is -2.41. The number of nitrogens with one attached hydrogen (secondary N) is 1. The molecule has 0 spiro atoms. The van der Waals surface area contributed by atoms with Crippen LogP contribution in [0.1, 0.15) is 16.1 Å². The zero-order valence-electron chi connectivity index (χ0n) is 9.45. The Morgan fingerprint density at radius 1 is 1.26 bits per heavy atom. The molecule has 0 radical (unpaired) electrons. The highest BCUT2D eigenvalue weighted by atomic mass is 32.1. The molecule has 0 fully saturated rings. The molecular formula is C11H9NO5S2. The first-order valence-electron chi connectivity index (χ1n) is 5.20. The van der Waals surface area contributed by atoms with Crippen molar-refractivity contribution >= 4 is 49.9 Å². The fourth-order valence-electron chi connectivity index (χ4n) is 1.48. The van der Waals surface area contributed by atoms with Gasteiger partial charge in [0.2, 0.25) is 0 Å². The minimum absolute atomic E-state index is 0.374. The van der Waals surface area contributed by atoms with Crippen LogP contribution in [0.2, 0.25) is 0 Å². The minimum Gasteiger partial charge on any atom is -0.481 e. The topological polar surface area (TPSA) is 104 Å². The van der Waals surface area contributed by atoms with E-state index in [4.69, 9.17) is 10.2 Å². The molecule has 0 aliphatic heterocycles. The summed E-state index contributed by atoms with van der Waals surface area (Å²) < 4.78 is 1.89. The lowest BCUT2D eigenvalue weighted by atomic mass is 10.2. The van der Waals surface area contributed by atoms with E-state index in [1.54, 1.807) is 6.07 Å². The van der Waals surface area contributed by atoms with Gasteiger partial charge in [0.1, 0.15) is 6.04 Å². The largest absolute Gasteiger partial charge is 0.481 e. The van der Waals surface area contributed by atoms with Crippen molar-refractivity contribution in [3.8, 4) is 0 Å². The van der Waals surface area contributed by atoms with Crippen LogP contribution in [-0.4, -0.2) is 34.1 Å². The van der Waals surface area contributed by atoms with Crippen LogP contribution in [0, 0.1) is 0 Å². The van der Waals surface area contributed by atoms with Gasteiger partial charge in [0.25, 0.3) is 5.91 Å². The SMILES string of the molecule is O=C(O)C[C@@H](NC(=O)c1cc2sccc2s1)C(=O)O. The minimum atomic E-state index is -1.43. The van der Waals surface area contributed by atoms with E-state index >= 15 is 0 Å². The molecule has 2 heterocycles. The second kappa shape index (κ2) is 5.37. The van der Waals surface area contributed by atoms with Crippen molar-refractivity contribution in [2.24, 2.45) is 0 Å². The van der Waals surface area contributed by atoms with Crippen molar-refractivity contribution in [3.63, 3.8) is 0 Å². The molecule has 19 heavy (non-hydrogen) atoms. The molecule has 2 rings (SSSR count). The maximum absolute atomic E-state index is 11.9. The summed E-state index contributed by atoms with van der Waals surface area (Å²) in [6.45, 7) is 0. The van der Waals surface area contributed by atoms with Crippen molar-refractivity contribution in [1.29, 1.82) is 0 Å². The number of fused-ring (bicyclic) bond motifs is 1. The van der Waals surface area contributed by atoms with Crippen LogP contribution in [0.5, 0.6) is 0 Å². The first-order valence-corrected chi connectivity index (χ1v) is 6.89. The molecule has 3 N–H and O–H groups in total. The third-order valence-electron chi connectivity index (χ3n) is 2.35. The quantitative estimate of drug-likeness (QED) is 0.778. The third kappa shape index (κ3) is 3.09. The molecule has 1 amide bonds. The maximum Gasteiger partial charge on any atom is 0.326 e. The van der Waals surface area contributed by atoms with Gasteiger partial charge < -0.3 is 15.5 Å². The van der Waals surface area contributed by atoms with Gasteiger partial charge in [0, 0.05) is 9.40 Å². The summed E-state index contributed by atoms with van der Waals surface area (Å²) in [4.78, 5) is 33.6. The van der Waals surface area contributed by atoms with Crippen molar-refractivity contribution < 1.29 is 24.6 Å². The molecule has 0 bridgehead atoms. The summed E-state index contributed by atoms with van der Waals surface area (Å²) in [5, 5.41) is 21.5. The summed E-state index contributed by atoms with van der Waals surface area (Å²) in [5.74, 6) is -3.21. The number of hydrogen-bond donors (Lipinski definition) is 3. The summed E-state index contributed by atoms with van der Waals surface area (Å²) in [6.07, 6.45) is -0.652. The smallest absolute Gasteiger partial charge is 0.326 e. The molecule has 0 saturated carbocycles. The number of thiophene rings is 2. The predicted octanol–water partition coefficient (Wildman–Crippen LogP) is 1.62. The number of rotatable bonds is 5. The number of carboxylic acid groups (broad SMARTS) is 2. The molecule has 8 heteroatoms. The predicted molar refractivity (Wildman–Crippen MR) is 70.8 cm³/mol. The maximum atomic E-state index is 11.9. The zero-order chi connectivity index (χ0) is 14.0. The van der Waals surface area contributed by atoms with Gasteiger partial charge in [-0.25, -0.2) is 4.79 Å². The van der Waals surface area contributed by atoms with Crippen molar-refractivity contribution in [2.45, 2.75) is 12.5 Å². The Hall–Kier alpha value is -1.93. The van der Waals surface area contributed by atoms with E-state index in [1.807, 2.05) is 11.4 Å². The highest BCUT2D eigenvalue weighted by molar-refractivity contribution is 7.27. The standard InChI is InChI=1S/C11H9NO5S2/c13-9(14)3-5(11(16)17)12-10(15)8-4-7-6(19-8)1-2-18-7/h1-2,4-5H,3H2,(H,12,15)(H,13,14)(H,16,17)/t5-/m1/s1. The van der Waals surface area contributed by atoms with Crippen LogP contribution in [0.25, 0.3) is 9.40 Å². The fourth-order valence-corrected chi connectivity index (χ4v) is 3.49. The van der Waals surface area contributed by atoms with E-state index in [-0.39, 0.29) is 0 Å². The molecule has 2 aromatic heterocycles. The second-order valence-corrected chi connectivity index (χ2v) is 5.75. The monoisotopic (exact) mass is 299 g/mol. The third-order valence-corrected chi connectivity index (χ3v) is 4.44. The molecule has 0 unspecified atom stereocenters. The first-order chi connectivity index (χ1) is 8.97. The summed E-state index contributed by atoms with van der Waals surface area (Å²) in [7, 11) is 0. The Morgan fingerprint density at radius 3 is 2.58 bits per heavy atom. The number of carbonyl (C=O) groups is 3. The summed E-state index contributed by atoms with van der Waals surface area (Å²) in [5.41, 5.74) is 0. The van der Waals surface area contributed by atoms with E-state index in [9.17, 15) is 14.4 Å². The number of aliphatic carboxylic acids is 2. The van der Waals surface area contributed by atoms with Crippen LogP contribution >= 0.6 is 22.7 Å². The summed E-state index contributed by atoms with van der Waals surface area (Å²) in [6, 6.07) is 2.11. The fraction of sp³-hybridized carbons (Fsp3) is 0.182. The van der Waals surface area contributed by atoms with E-state index < -0.39 is 30.3 Å². The Bertz CT molecular complexity index is 616. The number of hydrogen-bond acceptors (Lipinski definition) is 5. The van der Waals surface area contributed by atoms with Gasteiger partial charge in [0.05, 0.1) is 11.3 Å². The second-order valence-electron chi connectivity index (χ2n) is 3.72. The van der Waals surface area contributed by atoms with Gasteiger partial charge >= 0.3 is 11.9 Å². The molecule has 0 aliphatic carbocycles. The molecule has 6 nitrogen and oxygen atoms in total. The lowest BCUT2D eigenvalue weighted by Gasteiger charge is -2.11. The van der Waals surface area contributed by atoms with E-state index in [1.165, 1.54) is 22.7 Å². The average molecular weight is 299 g/mol. The van der Waals surface area contributed by atoms with Gasteiger partial charge in [-0.2, -0.15) is 0 Å². The Labute approximate surface area is 115 Å². The Morgan fingerprint density at radius 2 is 2.00 bits per heavy atom. The van der Waals surface area contributed by atoms with Crippen molar-refractivity contribution in [2.75, 3.05) is 0 Å². The molecule has 0 aliphatic rings. The van der Waals surface area contributed by atoms with Gasteiger partial charge in [-0.15, -0.1) is 22.7 Å². The molecular weight excluding hydrogens is 290 g/mol. The molecule has 2 aromatic rings. The molecule has 100 valence electrons. The van der Waals surface area contributed by atoms with E-state index in [0.29, 0.717) is 4.88 Å². The lowest BCUT2D eigenvalue weighted by molar-refractivity contribution is -0.145. The van der Waals surface area contributed by atoms with Gasteiger partial charge in [-0.3, -0.25) is 9.59 Å². The van der Waals surface area contributed by atoms with Gasteiger partial charge in [-0.1, -0.05) is 0 Å². The van der Waals surface area contributed by atoms with Crippen LogP contribution in [0.4, 0.5) is 0 Å². The van der Waals surface area contributed by atoms with Crippen LogP contribution in [-0.2, 0) is 9.59 Å². The average Bonchev–Trinajstić information content (AvgIpc) is 2.86. The number of carboxylic acids is 2. The van der Waals surface area contributed by atoms with E-state index in [2.05, 4.69) is 5.32 Å². The normalized spacial score (nSPS) is 12.2. The number of amides is 1.